The van der Waals surface area contributed by atoms with Gasteiger partial charge in [0.1, 0.15) is 11.8 Å². The van der Waals surface area contributed by atoms with Gasteiger partial charge in [-0.3, -0.25) is 33.9 Å². The minimum atomic E-state index is -0.987. The Morgan fingerprint density at radius 1 is 0.818 bits per heavy atom. The summed E-state index contributed by atoms with van der Waals surface area (Å²) in [4.78, 5) is 56.7. The lowest BCUT2D eigenvalue weighted by Gasteiger charge is -2.33. The quantitative estimate of drug-likeness (QED) is 0.0676. The predicted octanol–water partition coefficient (Wildman–Crippen LogP) is -0.376. The van der Waals surface area contributed by atoms with Gasteiger partial charge in [0.05, 0.1) is 19.6 Å². The first kappa shape index (κ1) is 37.2. The van der Waals surface area contributed by atoms with Crippen LogP contribution in [0.2, 0.25) is 0 Å². The molecule has 1 fully saturated rings. The summed E-state index contributed by atoms with van der Waals surface area (Å²) in [7, 11) is 0. The van der Waals surface area contributed by atoms with Crippen molar-refractivity contribution in [3.8, 4) is 5.75 Å². The zero-order valence-corrected chi connectivity index (χ0v) is 26.0. The Labute approximate surface area is 261 Å². The highest BCUT2D eigenvalue weighted by molar-refractivity contribution is 7.90. The first-order valence-electron chi connectivity index (χ1n) is 14.4. The van der Waals surface area contributed by atoms with Crippen LogP contribution in [0.15, 0.2) is 24.3 Å². The van der Waals surface area contributed by atoms with E-state index in [1.54, 1.807) is 36.1 Å². The second-order valence-electron chi connectivity index (χ2n) is 10.2. The first-order valence-corrected chi connectivity index (χ1v) is 15.1. The topological polar surface area (TPSA) is 194 Å². The lowest BCUT2D eigenvalue weighted by Crippen LogP contribution is -2.52. The van der Waals surface area contributed by atoms with E-state index in [2.05, 4.69) is 24.9 Å². The number of benzene rings is 1. The summed E-state index contributed by atoms with van der Waals surface area (Å²) in [5, 5.41) is 36.0. The number of carbonyl (C=O) groups is 4. The molecule has 1 heterocycles. The zero-order chi connectivity index (χ0) is 32.3. The van der Waals surface area contributed by atoms with Crippen molar-refractivity contribution in [1.29, 1.82) is 0 Å². The van der Waals surface area contributed by atoms with Crippen LogP contribution in [-0.4, -0.2) is 150 Å². The summed E-state index contributed by atoms with van der Waals surface area (Å²) < 4.78 is 9.33. The largest absolute Gasteiger partial charge is 0.480 e. The molecule has 16 nitrogen and oxygen atoms in total. The smallest absolute Gasteiger partial charge is 0.317 e. The van der Waals surface area contributed by atoms with E-state index in [-0.39, 0.29) is 37.9 Å². The number of aliphatic carboxylic acids is 2. The summed E-state index contributed by atoms with van der Waals surface area (Å²) >= 11 is 0.420. The Balaban J connectivity index is 2.10. The average Bonchev–Trinajstić information content (AvgIpc) is 2.97. The summed E-state index contributed by atoms with van der Waals surface area (Å²) in [5.74, 6) is -2.17. The van der Waals surface area contributed by atoms with Gasteiger partial charge in [-0.2, -0.15) is 0 Å². The molecule has 1 aliphatic heterocycles. The van der Waals surface area contributed by atoms with Gasteiger partial charge in [0.25, 0.3) is 12.3 Å². The number of hydrogen-bond acceptors (Lipinski definition) is 13. The fourth-order valence-electron chi connectivity index (χ4n) is 4.68. The molecular formula is C27H44N6O10S. The standard InChI is InChI=1S/C27H44N6O10S/c1-3-28-27(39)23(17-21-5-7-22(8-6-21)41-44-43-42-40)29-24(34)18-31-11-9-30(4-2)10-12-32(19-25(35)36)15-16-33(14-13-31)20-26(37)38/h5-8,23,40H,3-4,9-20H2,1-2H3,(H,28,39)(H,29,34)(H,35,36)(H,37,38)/t23-/m1/s1. The maximum atomic E-state index is 13.3. The maximum Gasteiger partial charge on any atom is 0.317 e. The second-order valence-corrected chi connectivity index (χ2v) is 10.6. The second kappa shape index (κ2) is 20.8. The molecular weight excluding hydrogens is 600 g/mol. The molecule has 1 aromatic carbocycles. The Morgan fingerprint density at radius 2 is 1.32 bits per heavy atom. The summed E-state index contributed by atoms with van der Waals surface area (Å²) in [6.45, 7) is 8.50. The minimum Gasteiger partial charge on any atom is -0.480 e. The summed E-state index contributed by atoms with van der Waals surface area (Å²) in [6, 6.07) is 5.91. The number of carbonyl (C=O) groups excluding carboxylic acids is 2. The van der Waals surface area contributed by atoms with E-state index in [9.17, 15) is 29.4 Å². The highest BCUT2D eigenvalue weighted by atomic mass is 32.2. The van der Waals surface area contributed by atoms with Crippen molar-refractivity contribution in [2.24, 2.45) is 0 Å². The Morgan fingerprint density at radius 3 is 1.77 bits per heavy atom. The van der Waals surface area contributed by atoms with E-state index in [0.717, 1.165) is 12.1 Å². The van der Waals surface area contributed by atoms with Gasteiger partial charge in [-0.15, -0.1) is 0 Å². The molecule has 1 aromatic rings. The molecule has 0 aromatic heterocycles. The minimum absolute atomic E-state index is 0.0104. The number of likely N-dealkylation sites (N-methyl/N-ethyl adjacent to an activating group) is 2. The molecule has 2 rings (SSSR count). The SMILES string of the molecule is CCNC(=O)[C@@H](Cc1ccc(OSOOO)cc1)NC(=O)CN1CCN(CC)CCN(CC(=O)O)CCN(CC(=O)O)CC1. The number of nitrogens with one attached hydrogen (secondary N) is 2. The van der Waals surface area contributed by atoms with Crippen molar-refractivity contribution in [1.82, 2.24) is 30.2 Å². The highest BCUT2D eigenvalue weighted by Gasteiger charge is 2.24. The van der Waals surface area contributed by atoms with Crippen molar-refractivity contribution in [2.45, 2.75) is 26.3 Å². The normalized spacial score (nSPS) is 17.2. The van der Waals surface area contributed by atoms with E-state index in [1.807, 2.05) is 16.7 Å². The molecule has 0 spiro atoms. The van der Waals surface area contributed by atoms with Crippen LogP contribution < -0.4 is 14.8 Å². The Bertz CT molecular complexity index is 1040. The van der Waals surface area contributed by atoms with Gasteiger partial charge in [0, 0.05) is 65.3 Å². The van der Waals surface area contributed by atoms with Gasteiger partial charge < -0.3 is 29.9 Å². The van der Waals surface area contributed by atoms with Crippen LogP contribution in [0.1, 0.15) is 19.4 Å². The number of hydrogen-bond donors (Lipinski definition) is 5. The van der Waals surface area contributed by atoms with Crippen LogP contribution in [0.4, 0.5) is 0 Å². The molecule has 5 N–H and O–H groups in total. The van der Waals surface area contributed by atoms with E-state index < -0.39 is 18.0 Å². The Hall–Kier alpha value is -3.03. The fraction of sp³-hybridized carbons (Fsp3) is 0.630. The summed E-state index contributed by atoms with van der Waals surface area (Å²) in [6.07, 6.45) is 0.226. The third-order valence-corrected chi connectivity index (χ3v) is 7.39. The van der Waals surface area contributed by atoms with E-state index in [0.29, 0.717) is 77.0 Å². The van der Waals surface area contributed by atoms with Crippen molar-refractivity contribution < 1.29 is 48.2 Å². The van der Waals surface area contributed by atoms with Crippen LogP contribution >= 0.6 is 12.3 Å². The molecule has 2 amide bonds. The zero-order valence-electron chi connectivity index (χ0n) is 25.2. The van der Waals surface area contributed by atoms with Gasteiger partial charge in [0.2, 0.25) is 11.8 Å². The fourth-order valence-corrected chi connectivity index (χ4v) is 4.93. The highest BCUT2D eigenvalue weighted by Crippen LogP contribution is 2.18. The molecule has 0 radical (unpaired) electrons. The van der Waals surface area contributed by atoms with Crippen molar-refractivity contribution in [2.75, 3.05) is 85.1 Å². The molecule has 44 heavy (non-hydrogen) atoms. The lowest BCUT2D eigenvalue weighted by molar-refractivity contribution is -0.433. The van der Waals surface area contributed by atoms with E-state index >= 15 is 0 Å². The molecule has 0 unspecified atom stereocenters. The molecule has 17 heteroatoms. The van der Waals surface area contributed by atoms with Crippen molar-refractivity contribution in [3.63, 3.8) is 0 Å². The number of carboxylic acid groups (broad SMARTS) is 2. The molecule has 248 valence electrons. The van der Waals surface area contributed by atoms with Crippen LogP contribution in [0.5, 0.6) is 5.75 Å². The van der Waals surface area contributed by atoms with Crippen molar-refractivity contribution in [3.05, 3.63) is 29.8 Å². The van der Waals surface area contributed by atoms with Crippen LogP contribution in [0.3, 0.4) is 0 Å². The van der Waals surface area contributed by atoms with Gasteiger partial charge in [0.15, 0.2) is 0 Å². The van der Waals surface area contributed by atoms with E-state index in [4.69, 9.17) is 9.44 Å². The molecule has 0 aliphatic carbocycles. The third-order valence-electron chi connectivity index (χ3n) is 7.02. The molecule has 1 aliphatic rings. The van der Waals surface area contributed by atoms with Crippen LogP contribution in [-0.2, 0) is 35.0 Å². The maximum absolute atomic E-state index is 13.3. The van der Waals surface area contributed by atoms with Gasteiger partial charge in [-0.25, -0.2) is 5.26 Å². The first-order chi connectivity index (χ1) is 21.1. The van der Waals surface area contributed by atoms with E-state index in [1.165, 1.54) is 0 Å². The number of rotatable bonds is 16. The number of carboxylic acids is 2. The van der Waals surface area contributed by atoms with Crippen LogP contribution in [0, 0.1) is 0 Å². The molecule has 0 saturated carbocycles. The average molecular weight is 645 g/mol. The number of nitrogens with zero attached hydrogens (tertiary/aromatic N) is 4. The van der Waals surface area contributed by atoms with Gasteiger partial charge in [-0.05, 0) is 31.2 Å². The third kappa shape index (κ3) is 15.1. The molecule has 1 atom stereocenters. The van der Waals surface area contributed by atoms with Gasteiger partial charge >= 0.3 is 11.9 Å². The monoisotopic (exact) mass is 644 g/mol. The molecule has 0 bridgehead atoms. The number of amides is 2. The predicted molar refractivity (Wildman–Crippen MR) is 160 cm³/mol. The van der Waals surface area contributed by atoms with Gasteiger partial charge in [-0.1, -0.05) is 28.4 Å². The Kier molecular flexibility index (Phi) is 17.6. The van der Waals surface area contributed by atoms with Crippen molar-refractivity contribution >= 4 is 36.1 Å². The van der Waals surface area contributed by atoms with Crippen LogP contribution in [0.25, 0.3) is 0 Å². The molecule has 1 saturated heterocycles. The summed E-state index contributed by atoms with van der Waals surface area (Å²) in [5.41, 5.74) is 0.768. The lowest BCUT2D eigenvalue weighted by atomic mass is 10.0.